The zero-order valence-corrected chi connectivity index (χ0v) is 6.41. The van der Waals surface area contributed by atoms with Gasteiger partial charge in [-0.3, -0.25) is 10.1 Å². The monoisotopic (exact) mass is 185 g/mol. The summed E-state index contributed by atoms with van der Waals surface area (Å²) >= 11 is 0. The summed E-state index contributed by atoms with van der Waals surface area (Å²) in [5.74, 6) is -1.64. The van der Waals surface area contributed by atoms with Crippen molar-refractivity contribution in [2.75, 3.05) is 0 Å². The van der Waals surface area contributed by atoms with Crippen LogP contribution in [0.25, 0.3) is 6.08 Å². The highest BCUT2D eigenvalue weighted by molar-refractivity contribution is 5.49. The molecule has 0 fully saturated rings. The average molecular weight is 185 g/mol. The lowest BCUT2D eigenvalue weighted by Crippen LogP contribution is -1.89. The first-order valence-corrected chi connectivity index (χ1v) is 3.37. The van der Waals surface area contributed by atoms with Gasteiger partial charge in [-0.25, -0.2) is 8.78 Å². The summed E-state index contributed by atoms with van der Waals surface area (Å²) in [6, 6.07) is 3.25. The van der Waals surface area contributed by atoms with Crippen molar-refractivity contribution >= 4 is 6.08 Å². The number of hydrogen-bond donors (Lipinski definition) is 0. The second-order valence-electron chi connectivity index (χ2n) is 2.24. The van der Waals surface area contributed by atoms with E-state index in [1.165, 1.54) is 6.07 Å². The van der Waals surface area contributed by atoms with Crippen LogP contribution >= 0.6 is 0 Å². The molecule has 0 aliphatic rings. The molecule has 1 rings (SSSR count). The molecule has 0 aromatic heterocycles. The standard InChI is InChI=1S/C8H5F2NO2/c9-7-2-1-3-8(10)6(7)4-5-11(12)13/h1-5H/b5-4+. The second kappa shape index (κ2) is 3.75. The van der Waals surface area contributed by atoms with Crippen LogP contribution in [0.5, 0.6) is 0 Å². The first-order valence-electron chi connectivity index (χ1n) is 3.37. The van der Waals surface area contributed by atoms with E-state index in [4.69, 9.17) is 0 Å². The summed E-state index contributed by atoms with van der Waals surface area (Å²) in [4.78, 5) is 9.08. The van der Waals surface area contributed by atoms with Crippen molar-refractivity contribution in [3.63, 3.8) is 0 Å². The normalized spacial score (nSPS) is 10.6. The van der Waals surface area contributed by atoms with Gasteiger partial charge in [0.2, 0.25) is 6.20 Å². The Bertz CT molecular complexity index is 343. The van der Waals surface area contributed by atoms with Crippen LogP contribution in [0.2, 0.25) is 0 Å². The third-order valence-electron chi connectivity index (χ3n) is 1.36. The predicted octanol–water partition coefficient (Wildman–Crippen LogP) is 2.21. The Hall–Kier alpha value is -1.78. The Kier molecular flexibility index (Phi) is 2.69. The third-order valence-corrected chi connectivity index (χ3v) is 1.36. The molecule has 0 aliphatic carbocycles. The molecule has 5 heteroatoms. The number of halogens is 2. The average Bonchev–Trinajstić information content (AvgIpc) is 2.03. The number of nitrogens with zero attached hydrogens (tertiary/aromatic N) is 1. The molecule has 1 aromatic carbocycles. The fourth-order valence-electron chi connectivity index (χ4n) is 0.805. The van der Waals surface area contributed by atoms with Crippen LogP contribution in [0.15, 0.2) is 24.4 Å². The molecule has 68 valence electrons. The van der Waals surface area contributed by atoms with Crippen molar-refractivity contribution in [2.24, 2.45) is 0 Å². The van der Waals surface area contributed by atoms with E-state index in [0.717, 1.165) is 18.2 Å². The maximum atomic E-state index is 12.8. The van der Waals surface area contributed by atoms with Gasteiger partial charge in [-0.05, 0) is 12.1 Å². The summed E-state index contributed by atoms with van der Waals surface area (Å²) < 4.78 is 25.6. The molecule has 0 unspecified atom stereocenters. The van der Waals surface area contributed by atoms with Crippen LogP contribution in [0.3, 0.4) is 0 Å². The van der Waals surface area contributed by atoms with E-state index in [1.54, 1.807) is 0 Å². The fraction of sp³-hybridized carbons (Fsp3) is 0. The highest BCUT2D eigenvalue weighted by atomic mass is 19.1. The van der Waals surface area contributed by atoms with Crippen molar-refractivity contribution in [3.05, 3.63) is 51.7 Å². The van der Waals surface area contributed by atoms with E-state index in [-0.39, 0.29) is 0 Å². The van der Waals surface area contributed by atoms with Gasteiger partial charge in [0.25, 0.3) is 0 Å². The first kappa shape index (κ1) is 9.31. The van der Waals surface area contributed by atoms with Gasteiger partial charge >= 0.3 is 0 Å². The van der Waals surface area contributed by atoms with Gasteiger partial charge in [0, 0.05) is 6.08 Å². The molecular formula is C8H5F2NO2. The number of nitro groups is 1. The Labute approximate surface area is 72.5 Å². The minimum absolute atomic E-state index is 0.404. The van der Waals surface area contributed by atoms with Crippen molar-refractivity contribution in [1.29, 1.82) is 0 Å². The van der Waals surface area contributed by atoms with E-state index in [0.29, 0.717) is 6.20 Å². The highest BCUT2D eigenvalue weighted by Crippen LogP contribution is 2.13. The highest BCUT2D eigenvalue weighted by Gasteiger charge is 2.05. The predicted molar refractivity (Wildman–Crippen MR) is 42.4 cm³/mol. The lowest BCUT2D eigenvalue weighted by atomic mass is 10.2. The molecule has 0 heterocycles. The summed E-state index contributed by atoms with van der Waals surface area (Å²) in [5.41, 5.74) is -0.404. The van der Waals surface area contributed by atoms with Crippen molar-refractivity contribution in [1.82, 2.24) is 0 Å². The number of rotatable bonds is 2. The Morgan fingerprint density at radius 1 is 1.31 bits per heavy atom. The second-order valence-corrected chi connectivity index (χ2v) is 2.24. The Morgan fingerprint density at radius 2 is 1.85 bits per heavy atom. The number of hydrogen-bond acceptors (Lipinski definition) is 2. The largest absolute Gasteiger partial charge is 0.259 e. The molecule has 1 aromatic rings. The molecule has 0 N–H and O–H groups in total. The molecule has 0 aliphatic heterocycles. The third kappa shape index (κ3) is 2.33. The van der Waals surface area contributed by atoms with E-state index in [9.17, 15) is 18.9 Å². The zero-order chi connectivity index (χ0) is 9.84. The zero-order valence-electron chi connectivity index (χ0n) is 6.41. The molecule has 13 heavy (non-hydrogen) atoms. The van der Waals surface area contributed by atoms with Crippen LogP contribution in [-0.4, -0.2) is 4.92 Å². The summed E-state index contributed by atoms with van der Waals surface area (Å²) in [5, 5.41) is 9.87. The SMILES string of the molecule is O=[N+]([O-])/C=C/c1c(F)cccc1F. The summed E-state index contributed by atoms with van der Waals surface area (Å²) in [6.45, 7) is 0. The smallest absolute Gasteiger partial charge is 0.235 e. The summed E-state index contributed by atoms with van der Waals surface area (Å²) in [7, 11) is 0. The van der Waals surface area contributed by atoms with Crippen LogP contribution < -0.4 is 0 Å². The lowest BCUT2D eigenvalue weighted by molar-refractivity contribution is -0.401. The first-order chi connectivity index (χ1) is 6.11. The molecule has 0 spiro atoms. The maximum absolute atomic E-state index is 12.8. The van der Waals surface area contributed by atoms with E-state index in [1.807, 2.05) is 0 Å². The van der Waals surface area contributed by atoms with Crippen molar-refractivity contribution < 1.29 is 13.7 Å². The van der Waals surface area contributed by atoms with Gasteiger partial charge in [0.15, 0.2) is 0 Å². The van der Waals surface area contributed by atoms with Crippen LogP contribution in [-0.2, 0) is 0 Å². The molecule has 0 saturated heterocycles. The van der Waals surface area contributed by atoms with Gasteiger partial charge < -0.3 is 0 Å². The van der Waals surface area contributed by atoms with E-state index in [2.05, 4.69) is 0 Å². The van der Waals surface area contributed by atoms with Crippen molar-refractivity contribution in [3.8, 4) is 0 Å². The van der Waals surface area contributed by atoms with Crippen LogP contribution in [0.4, 0.5) is 8.78 Å². The minimum Gasteiger partial charge on any atom is -0.259 e. The van der Waals surface area contributed by atoms with Crippen LogP contribution in [0, 0.1) is 21.7 Å². The van der Waals surface area contributed by atoms with Gasteiger partial charge in [0.1, 0.15) is 11.6 Å². The Balaban J connectivity index is 3.06. The van der Waals surface area contributed by atoms with Gasteiger partial charge in [-0.2, -0.15) is 0 Å². The quantitative estimate of drug-likeness (QED) is 0.523. The molecule has 0 bridgehead atoms. The van der Waals surface area contributed by atoms with Crippen LogP contribution in [0.1, 0.15) is 5.56 Å². The molecule has 0 amide bonds. The van der Waals surface area contributed by atoms with Crippen molar-refractivity contribution in [2.45, 2.75) is 0 Å². The molecule has 0 atom stereocenters. The van der Waals surface area contributed by atoms with E-state index < -0.39 is 22.1 Å². The van der Waals surface area contributed by atoms with Gasteiger partial charge in [-0.1, -0.05) is 6.07 Å². The Morgan fingerprint density at radius 3 is 2.31 bits per heavy atom. The fourth-order valence-corrected chi connectivity index (χ4v) is 0.805. The lowest BCUT2D eigenvalue weighted by Gasteiger charge is -1.95. The minimum atomic E-state index is -0.821. The molecule has 3 nitrogen and oxygen atoms in total. The van der Waals surface area contributed by atoms with E-state index >= 15 is 0 Å². The molecule has 0 saturated carbocycles. The maximum Gasteiger partial charge on any atom is 0.235 e. The molecule has 0 radical (unpaired) electrons. The number of benzene rings is 1. The molecular weight excluding hydrogens is 180 g/mol. The van der Waals surface area contributed by atoms with Gasteiger partial charge in [-0.15, -0.1) is 0 Å². The topological polar surface area (TPSA) is 43.1 Å². The summed E-state index contributed by atoms with van der Waals surface area (Å²) in [6.07, 6.45) is 1.27. The van der Waals surface area contributed by atoms with Gasteiger partial charge in [0.05, 0.1) is 10.5 Å².